The number of nitrogens with zero attached hydrogens (tertiary/aromatic N) is 1. The highest BCUT2D eigenvalue weighted by Crippen LogP contribution is 2.62. The largest absolute Gasteiger partial charge is 0.493 e. The van der Waals surface area contributed by atoms with Gasteiger partial charge in [-0.15, -0.1) is 0 Å². The second-order valence-electron chi connectivity index (χ2n) is 10.8. The van der Waals surface area contributed by atoms with E-state index in [1.54, 1.807) is 89.8 Å². The predicted molar refractivity (Wildman–Crippen MR) is 161 cm³/mol. The Balaban J connectivity index is 1.60. The normalized spacial score (nSPS) is 21.0. The number of carbonyl (C=O) groups is 3. The lowest BCUT2D eigenvalue weighted by Gasteiger charge is -2.37. The molecule has 3 aliphatic rings. The van der Waals surface area contributed by atoms with Crippen molar-refractivity contribution >= 4 is 40.7 Å². The second-order valence-corrected chi connectivity index (χ2v) is 11.2. The zero-order valence-electron chi connectivity index (χ0n) is 23.2. The molecule has 1 fully saturated rings. The minimum absolute atomic E-state index is 0.237. The number of benzene rings is 4. The molecule has 0 saturated carbocycles. The lowest BCUT2D eigenvalue weighted by atomic mass is 9.64. The molecule has 1 spiro atoms. The van der Waals surface area contributed by atoms with Gasteiger partial charge >= 0.3 is 0 Å². The molecule has 6 nitrogen and oxygen atoms in total. The van der Waals surface area contributed by atoms with Crippen LogP contribution < -0.4 is 14.4 Å². The lowest BCUT2D eigenvalue weighted by molar-refractivity contribution is 0.0664. The summed E-state index contributed by atoms with van der Waals surface area (Å²) in [5.74, 6) is -1.95. The predicted octanol–water partition coefficient (Wildman–Crippen LogP) is 6.81. The molecule has 0 radical (unpaired) electrons. The maximum Gasteiger partial charge on any atom is 0.187 e. The van der Waals surface area contributed by atoms with E-state index in [0.29, 0.717) is 39.4 Å². The molecule has 43 heavy (non-hydrogen) atoms. The number of halogens is 2. The fourth-order valence-electron chi connectivity index (χ4n) is 7.27. The van der Waals surface area contributed by atoms with Crippen molar-refractivity contribution in [3.8, 4) is 11.5 Å². The molecule has 3 unspecified atom stereocenters. The third-order valence-electron chi connectivity index (χ3n) is 8.94. The number of fused-ring (bicyclic) bond motifs is 5. The number of ketones is 3. The number of ether oxygens (including phenoxy) is 2. The molecule has 3 atom stereocenters. The number of hydrogen-bond acceptors (Lipinski definition) is 6. The fourth-order valence-corrected chi connectivity index (χ4v) is 7.50. The summed E-state index contributed by atoms with van der Waals surface area (Å²) in [7, 11) is 2.98. The highest BCUT2D eigenvalue weighted by Gasteiger charge is 2.72. The summed E-state index contributed by atoms with van der Waals surface area (Å²) < 4.78 is 25.9. The number of rotatable bonds is 5. The van der Waals surface area contributed by atoms with Gasteiger partial charge in [0.15, 0.2) is 28.8 Å². The van der Waals surface area contributed by atoms with Gasteiger partial charge in [0, 0.05) is 39.4 Å². The maximum atomic E-state index is 14.8. The number of carbonyl (C=O) groups excluding carboxylic acids is 3. The van der Waals surface area contributed by atoms with Gasteiger partial charge in [0.2, 0.25) is 0 Å². The van der Waals surface area contributed by atoms with E-state index in [1.807, 2.05) is 0 Å². The molecule has 1 aliphatic carbocycles. The summed E-state index contributed by atoms with van der Waals surface area (Å²) in [6, 6.07) is 20.9. The molecule has 7 rings (SSSR count). The standard InChI is InChI=1S/C35H25ClFNO5/c1-42-27-13-7-11-24(32(27)43-2)29-30(31(39)23-10-5-6-12-25(23)36)38-26-16-15-20(37)18-19(26)14-17-28(38)35(29)33(40)21-8-3-4-9-22(21)34(35)41/h3-18,28-30H,1-2H3. The third-order valence-corrected chi connectivity index (χ3v) is 9.27. The minimum atomic E-state index is -1.76. The first-order chi connectivity index (χ1) is 20.8. The van der Waals surface area contributed by atoms with E-state index in [4.69, 9.17) is 21.1 Å². The van der Waals surface area contributed by atoms with Crippen molar-refractivity contribution in [2.45, 2.75) is 18.0 Å². The van der Waals surface area contributed by atoms with Gasteiger partial charge in [0.05, 0.1) is 25.3 Å². The first-order valence-corrected chi connectivity index (χ1v) is 14.2. The molecule has 8 heteroatoms. The Morgan fingerprint density at radius 1 is 0.884 bits per heavy atom. The summed E-state index contributed by atoms with van der Waals surface area (Å²) >= 11 is 6.59. The molecule has 4 aromatic carbocycles. The molecular weight excluding hydrogens is 569 g/mol. The van der Waals surface area contributed by atoms with Crippen molar-refractivity contribution in [3.63, 3.8) is 0 Å². The van der Waals surface area contributed by atoms with Crippen LogP contribution in [0.25, 0.3) is 6.08 Å². The van der Waals surface area contributed by atoms with E-state index in [1.165, 1.54) is 26.4 Å². The Morgan fingerprint density at radius 3 is 2.26 bits per heavy atom. The Kier molecular flexibility index (Phi) is 6.25. The number of methoxy groups -OCH3 is 2. The molecule has 2 aliphatic heterocycles. The Morgan fingerprint density at radius 2 is 1.58 bits per heavy atom. The van der Waals surface area contributed by atoms with Crippen molar-refractivity contribution in [1.29, 1.82) is 0 Å². The lowest BCUT2D eigenvalue weighted by Crippen LogP contribution is -2.48. The van der Waals surface area contributed by atoms with Gasteiger partial charge in [0.25, 0.3) is 0 Å². The van der Waals surface area contributed by atoms with Crippen LogP contribution in [0.15, 0.2) is 91.0 Å². The van der Waals surface area contributed by atoms with Crippen LogP contribution in [-0.2, 0) is 0 Å². The molecule has 4 aromatic rings. The summed E-state index contributed by atoms with van der Waals surface area (Å²) in [5, 5.41) is 0.237. The summed E-state index contributed by atoms with van der Waals surface area (Å²) in [4.78, 5) is 46.3. The number of anilines is 1. The summed E-state index contributed by atoms with van der Waals surface area (Å²) in [5.41, 5.74) is 0.593. The molecule has 0 bridgehead atoms. The van der Waals surface area contributed by atoms with Gasteiger partial charge in [-0.1, -0.05) is 72.3 Å². The van der Waals surface area contributed by atoms with Crippen LogP contribution in [-0.4, -0.2) is 43.7 Å². The highest BCUT2D eigenvalue weighted by atomic mass is 35.5. The zero-order chi connectivity index (χ0) is 30.0. The molecule has 0 amide bonds. The summed E-state index contributed by atoms with van der Waals surface area (Å²) in [6.45, 7) is 0. The number of para-hydroxylation sites is 1. The van der Waals surface area contributed by atoms with Gasteiger partial charge in [-0.2, -0.15) is 0 Å². The van der Waals surface area contributed by atoms with Crippen molar-refractivity contribution in [2.75, 3.05) is 19.1 Å². The van der Waals surface area contributed by atoms with Gasteiger partial charge in [0.1, 0.15) is 17.3 Å². The summed E-state index contributed by atoms with van der Waals surface area (Å²) in [6.07, 6.45) is 3.45. The number of hydrogen-bond donors (Lipinski definition) is 0. The van der Waals surface area contributed by atoms with Crippen LogP contribution in [0.4, 0.5) is 10.1 Å². The first kappa shape index (κ1) is 27.1. The topological polar surface area (TPSA) is 72.9 Å². The molecule has 2 heterocycles. The number of Topliss-reactive ketones (excluding diaryl/α,β-unsaturated/α-hetero) is 3. The van der Waals surface area contributed by atoms with Crippen molar-refractivity contribution in [3.05, 3.63) is 130 Å². The van der Waals surface area contributed by atoms with Crippen LogP contribution in [0, 0.1) is 11.2 Å². The Labute approximate surface area is 252 Å². The maximum absolute atomic E-state index is 14.8. The average Bonchev–Trinajstić information content (AvgIpc) is 3.46. The Hall–Kier alpha value is -4.75. The van der Waals surface area contributed by atoms with Gasteiger partial charge < -0.3 is 14.4 Å². The minimum Gasteiger partial charge on any atom is -0.493 e. The zero-order valence-corrected chi connectivity index (χ0v) is 24.0. The smallest absolute Gasteiger partial charge is 0.187 e. The third kappa shape index (κ3) is 3.61. The second kappa shape index (κ2) is 9.92. The van der Waals surface area contributed by atoms with Crippen LogP contribution in [0.1, 0.15) is 48.1 Å². The monoisotopic (exact) mass is 593 g/mol. The average molecular weight is 594 g/mol. The van der Waals surface area contributed by atoms with Crippen LogP contribution in [0.2, 0.25) is 5.02 Å². The molecule has 1 saturated heterocycles. The van der Waals surface area contributed by atoms with Crippen LogP contribution in [0.5, 0.6) is 11.5 Å². The molecule has 214 valence electrons. The highest BCUT2D eigenvalue weighted by molar-refractivity contribution is 6.35. The molecule has 0 N–H and O–H groups in total. The van der Waals surface area contributed by atoms with Crippen molar-refractivity contribution < 1.29 is 28.2 Å². The van der Waals surface area contributed by atoms with E-state index in [2.05, 4.69) is 0 Å². The molecular formula is C35H25ClFNO5. The SMILES string of the molecule is COc1cccc(C2C(C(=O)c3ccccc3Cl)N3c4ccc(F)cc4C=CC3C23C(=O)c2ccccc2C3=O)c1OC. The van der Waals surface area contributed by atoms with E-state index in [-0.39, 0.29) is 27.9 Å². The van der Waals surface area contributed by atoms with Gasteiger partial charge in [-0.3, -0.25) is 14.4 Å². The van der Waals surface area contributed by atoms with E-state index >= 15 is 0 Å². The van der Waals surface area contributed by atoms with E-state index in [9.17, 15) is 18.8 Å². The fraction of sp³-hybridized carbons (Fsp3) is 0.171. The van der Waals surface area contributed by atoms with E-state index in [0.717, 1.165) is 0 Å². The Bertz CT molecular complexity index is 1850. The van der Waals surface area contributed by atoms with Crippen molar-refractivity contribution in [2.24, 2.45) is 5.41 Å². The van der Waals surface area contributed by atoms with Crippen LogP contribution >= 0.6 is 11.6 Å². The quantitative estimate of drug-likeness (QED) is 0.187. The van der Waals surface area contributed by atoms with E-state index < -0.39 is 29.2 Å². The van der Waals surface area contributed by atoms with Crippen LogP contribution in [0.3, 0.4) is 0 Å². The van der Waals surface area contributed by atoms with Crippen molar-refractivity contribution in [1.82, 2.24) is 0 Å². The van der Waals surface area contributed by atoms with Gasteiger partial charge in [-0.05, 0) is 36.4 Å². The first-order valence-electron chi connectivity index (χ1n) is 13.8. The van der Waals surface area contributed by atoms with Gasteiger partial charge in [-0.25, -0.2) is 4.39 Å². The molecule has 0 aromatic heterocycles.